The molecule has 0 aromatic heterocycles. The third kappa shape index (κ3) is 3.17. The van der Waals surface area contributed by atoms with Crippen LogP contribution >= 0.6 is 11.8 Å². The number of thioether (sulfide) groups is 1. The number of hydrogen-bond donors (Lipinski definition) is 0. The number of halogens is 2. The van der Waals surface area contributed by atoms with Gasteiger partial charge in [-0.05, 0) is 30.5 Å². The third-order valence-corrected chi connectivity index (χ3v) is 3.45. The Labute approximate surface area is 119 Å². The van der Waals surface area contributed by atoms with Gasteiger partial charge in [-0.3, -0.25) is 4.79 Å². The fourth-order valence-corrected chi connectivity index (χ4v) is 2.26. The third-order valence-electron chi connectivity index (χ3n) is 2.67. The highest BCUT2D eigenvalue weighted by Gasteiger charge is 2.17. The number of ketones is 1. The zero-order valence-corrected chi connectivity index (χ0v) is 11.5. The van der Waals surface area contributed by atoms with Crippen molar-refractivity contribution < 1.29 is 18.3 Å². The molecule has 0 bridgehead atoms. The van der Waals surface area contributed by atoms with Gasteiger partial charge in [0.2, 0.25) is 5.78 Å². The molecule has 2 nitrogen and oxygen atoms in total. The summed E-state index contributed by atoms with van der Waals surface area (Å²) in [5.74, 6) is -1.96. The molecule has 2 rings (SSSR count). The van der Waals surface area contributed by atoms with Crippen molar-refractivity contribution in [1.29, 1.82) is 0 Å². The van der Waals surface area contributed by atoms with Crippen molar-refractivity contribution in [2.45, 2.75) is 4.90 Å². The van der Waals surface area contributed by atoms with Crippen LogP contribution in [0.4, 0.5) is 8.78 Å². The van der Waals surface area contributed by atoms with Gasteiger partial charge in [-0.25, -0.2) is 8.78 Å². The summed E-state index contributed by atoms with van der Waals surface area (Å²) in [5, 5.41) is 0. The topological polar surface area (TPSA) is 26.3 Å². The first-order valence-corrected chi connectivity index (χ1v) is 7.09. The van der Waals surface area contributed by atoms with Gasteiger partial charge in [-0.1, -0.05) is 18.2 Å². The molecule has 0 fully saturated rings. The standard InChI is InChI=1S/C15H12F2O2S/c1-20-14-8-3-2-7-13(14)19-9-12(18)15-10(16)5-4-6-11(15)17/h2-8H,9H2,1H3. The number of rotatable bonds is 5. The minimum atomic E-state index is -0.878. The molecule has 0 aliphatic rings. The fraction of sp³-hybridized carbons (Fsp3) is 0.133. The molecule has 0 radical (unpaired) electrons. The van der Waals surface area contributed by atoms with Crippen molar-refractivity contribution in [2.24, 2.45) is 0 Å². The maximum Gasteiger partial charge on any atom is 0.206 e. The van der Waals surface area contributed by atoms with Crippen LogP contribution in [0.5, 0.6) is 5.75 Å². The van der Waals surface area contributed by atoms with E-state index in [1.54, 1.807) is 12.1 Å². The molecule has 0 amide bonds. The van der Waals surface area contributed by atoms with E-state index in [4.69, 9.17) is 4.74 Å². The summed E-state index contributed by atoms with van der Waals surface area (Å²) in [6.45, 7) is -0.407. The molecule has 0 N–H and O–H groups in total. The summed E-state index contributed by atoms with van der Waals surface area (Å²) in [7, 11) is 0. The lowest BCUT2D eigenvalue weighted by Gasteiger charge is -2.09. The van der Waals surface area contributed by atoms with Gasteiger partial charge >= 0.3 is 0 Å². The quantitative estimate of drug-likeness (QED) is 0.617. The average molecular weight is 294 g/mol. The SMILES string of the molecule is CSc1ccccc1OCC(=O)c1c(F)cccc1F. The molecule has 104 valence electrons. The van der Waals surface area contributed by atoms with Gasteiger partial charge in [-0.2, -0.15) is 0 Å². The Kier molecular flexibility index (Phi) is 4.74. The predicted molar refractivity (Wildman–Crippen MR) is 74.4 cm³/mol. The van der Waals surface area contributed by atoms with Gasteiger partial charge in [0.25, 0.3) is 0 Å². The molecule has 0 saturated heterocycles. The van der Waals surface area contributed by atoms with E-state index in [0.717, 1.165) is 17.0 Å². The zero-order valence-electron chi connectivity index (χ0n) is 10.7. The Morgan fingerprint density at radius 2 is 1.75 bits per heavy atom. The van der Waals surface area contributed by atoms with Crippen LogP contribution < -0.4 is 4.74 Å². The van der Waals surface area contributed by atoms with Crippen LogP contribution in [0.2, 0.25) is 0 Å². The van der Waals surface area contributed by atoms with Crippen LogP contribution in [0.25, 0.3) is 0 Å². The first-order chi connectivity index (χ1) is 9.63. The molecular weight excluding hydrogens is 282 g/mol. The molecule has 0 heterocycles. The number of carbonyl (C=O) groups excluding carboxylic acids is 1. The number of para-hydroxylation sites is 1. The van der Waals surface area contributed by atoms with Crippen LogP contribution in [0.15, 0.2) is 47.4 Å². The molecular formula is C15H12F2O2S. The van der Waals surface area contributed by atoms with E-state index in [9.17, 15) is 13.6 Å². The highest BCUT2D eigenvalue weighted by atomic mass is 32.2. The van der Waals surface area contributed by atoms with Crippen molar-refractivity contribution in [3.8, 4) is 5.75 Å². The summed E-state index contributed by atoms with van der Waals surface area (Å²) in [6, 6.07) is 10.5. The number of hydrogen-bond acceptors (Lipinski definition) is 3. The molecule has 0 atom stereocenters. The molecule has 2 aromatic rings. The number of benzene rings is 2. The van der Waals surface area contributed by atoms with Gasteiger partial charge in [0, 0.05) is 4.90 Å². The second kappa shape index (κ2) is 6.52. The van der Waals surface area contributed by atoms with Crippen molar-refractivity contribution in [1.82, 2.24) is 0 Å². The second-order valence-corrected chi connectivity index (χ2v) is 4.81. The maximum absolute atomic E-state index is 13.5. The van der Waals surface area contributed by atoms with Crippen LogP contribution in [-0.4, -0.2) is 18.6 Å². The lowest BCUT2D eigenvalue weighted by Crippen LogP contribution is -2.15. The van der Waals surface area contributed by atoms with Gasteiger partial charge in [0.1, 0.15) is 17.4 Å². The molecule has 0 spiro atoms. The van der Waals surface area contributed by atoms with Crippen molar-refractivity contribution in [3.63, 3.8) is 0 Å². The van der Waals surface area contributed by atoms with Crippen molar-refractivity contribution in [2.75, 3.05) is 12.9 Å². The van der Waals surface area contributed by atoms with E-state index in [1.807, 2.05) is 18.4 Å². The lowest BCUT2D eigenvalue weighted by atomic mass is 10.1. The Hall–Kier alpha value is -1.88. The highest BCUT2D eigenvalue weighted by molar-refractivity contribution is 7.98. The molecule has 0 aliphatic heterocycles. The maximum atomic E-state index is 13.5. The first kappa shape index (κ1) is 14.5. The average Bonchev–Trinajstić information content (AvgIpc) is 2.45. The molecule has 0 unspecified atom stereocenters. The predicted octanol–water partition coefficient (Wildman–Crippen LogP) is 3.95. The minimum absolute atomic E-state index is 0.407. The smallest absolute Gasteiger partial charge is 0.206 e. The fourth-order valence-electron chi connectivity index (χ4n) is 1.72. The first-order valence-electron chi connectivity index (χ1n) is 5.86. The number of ether oxygens (including phenoxy) is 1. The van der Waals surface area contributed by atoms with E-state index in [0.29, 0.717) is 5.75 Å². The lowest BCUT2D eigenvalue weighted by molar-refractivity contribution is 0.0911. The minimum Gasteiger partial charge on any atom is -0.484 e. The Morgan fingerprint density at radius 3 is 2.40 bits per heavy atom. The summed E-state index contributed by atoms with van der Waals surface area (Å²) in [4.78, 5) is 12.7. The summed E-state index contributed by atoms with van der Waals surface area (Å²) in [6.07, 6.45) is 1.88. The Morgan fingerprint density at radius 1 is 1.10 bits per heavy atom. The Bertz CT molecular complexity index is 609. The van der Waals surface area contributed by atoms with E-state index >= 15 is 0 Å². The highest BCUT2D eigenvalue weighted by Crippen LogP contribution is 2.27. The molecule has 20 heavy (non-hydrogen) atoms. The summed E-state index contributed by atoms with van der Waals surface area (Å²) < 4.78 is 32.3. The van der Waals surface area contributed by atoms with Crippen molar-refractivity contribution in [3.05, 3.63) is 59.7 Å². The Balaban J connectivity index is 2.13. The van der Waals surface area contributed by atoms with Gasteiger partial charge < -0.3 is 4.74 Å². The van der Waals surface area contributed by atoms with Crippen LogP contribution in [0, 0.1) is 11.6 Å². The normalized spacial score (nSPS) is 10.3. The van der Waals surface area contributed by atoms with Crippen molar-refractivity contribution >= 4 is 17.5 Å². The van der Waals surface area contributed by atoms with Gasteiger partial charge in [-0.15, -0.1) is 11.8 Å². The summed E-state index contributed by atoms with van der Waals surface area (Å²) in [5.41, 5.74) is -0.561. The monoisotopic (exact) mass is 294 g/mol. The summed E-state index contributed by atoms with van der Waals surface area (Å²) >= 11 is 1.46. The number of carbonyl (C=O) groups is 1. The molecule has 0 aliphatic carbocycles. The van der Waals surface area contributed by atoms with E-state index in [2.05, 4.69) is 0 Å². The van der Waals surface area contributed by atoms with Crippen LogP contribution in [0.1, 0.15) is 10.4 Å². The molecule has 0 saturated carbocycles. The van der Waals surface area contributed by atoms with Crippen LogP contribution in [0.3, 0.4) is 0 Å². The zero-order chi connectivity index (χ0) is 14.5. The molecule has 5 heteroatoms. The largest absolute Gasteiger partial charge is 0.484 e. The van der Waals surface area contributed by atoms with Crippen LogP contribution in [-0.2, 0) is 0 Å². The van der Waals surface area contributed by atoms with E-state index in [-0.39, 0.29) is 0 Å². The molecule has 2 aromatic carbocycles. The van der Waals surface area contributed by atoms with Gasteiger partial charge in [0.05, 0.1) is 5.56 Å². The van der Waals surface area contributed by atoms with Gasteiger partial charge in [0.15, 0.2) is 6.61 Å². The second-order valence-electron chi connectivity index (χ2n) is 3.96. The van der Waals surface area contributed by atoms with E-state index in [1.165, 1.54) is 17.8 Å². The van der Waals surface area contributed by atoms with E-state index < -0.39 is 29.6 Å². The number of Topliss-reactive ketones (excluding diaryl/α,β-unsaturated/α-hetero) is 1.